The Kier molecular flexibility index (Phi) is 7.84. The first-order valence-corrected chi connectivity index (χ1v) is 13.1. The number of nitrogens with zero attached hydrogens (tertiary/aromatic N) is 3. The van der Waals surface area contributed by atoms with Crippen molar-refractivity contribution in [2.24, 2.45) is 5.10 Å². The van der Waals surface area contributed by atoms with Crippen molar-refractivity contribution in [1.29, 1.82) is 0 Å². The molecule has 1 atom stereocenters. The number of fused-ring (bicyclic) bond motifs is 2. The van der Waals surface area contributed by atoms with Gasteiger partial charge in [0.2, 0.25) is 5.82 Å². The van der Waals surface area contributed by atoms with Crippen LogP contribution in [0.4, 0.5) is 0 Å². The Balaban J connectivity index is 1.56. The molecule has 3 aromatic carbocycles. The fourth-order valence-corrected chi connectivity index (χ4v) is 4.29. The van der Waals surface area contributed by atoms with Gasteiger partial charge in [0.05, 0.1) is 30.3 Å². The lowest BCUT2D eigenvalue weighted by Crippen LogP contribution is -2.26. The predicted octanol–water partition coefficient (Wildman–Crippen LogP) is 6.07. The van der Waals surface area contributed by atoms with Gasteiger partial charge >= 0.3 is 5.97 Å². The molecule has 9 nitrogen and oxygen atoms in total. The summed E-state index contributed by atoms with van der Waals surface area (Å²) in [5.74, 6) is 0.926. The number of esters is 1. The molecule has 0 saturated carbocycles. The fraction of sp³-hybridized carbons (Fsp3) is 0.200. The zero-order valence-electron chi connectivity index (χ0n) is 22.1. The second kappa shape index (κ2) is 11.6. The first-order chi connectivity index (χ1) is 19.4. The Hall–Kier alpha value is -4.63. The topological polar surface area (TPSA) is 105 Å². The highest BCUT2D eigenvalue weighted by Gasteiger charge is 2.19. The van der Waals surface area contributed by atoms with E-state index in [1.165, 1.54) is 10.9 Å². The maximum Gasteiger partial charge on any atom is 0.347 e. The van der Waals surface area contributed by atoms with Crippen LogP contribution in [0.25, 0.3) is 33.5 Å². The molecular weight excluding hydrogens is 534 g/mol. The molecule has 40 heavy (non-hydrogen) atoms. The number of hydrogen-bond acceptors (Lipinski definition) is 8. The Bertz CT molecular complexity index is 1790. The van der Waals surface area contributed by atoms with E-state index in [4.69, 9.17) is 35.2 Å². The minimum Gasteiger partial charge on any atom is -0.490 e. The molecule has 0 spiro atoms. The molecule has 0 fully saturated rings. The van der Waals surface area contributed by atoms with Crippen LogP contribution in [0, 0.1) is 0 Å². The van der Waals surface area contributed by atoms with Crippen LogP contribution in [0.1, 0.15) is 26.3 Å². The zero-order chi connectivity index (χ0) is 28.2. The van der Waals surface area contributed by atoms with Crippen molar-refractivity contribution >= 4 is 45.7 Å². The van der Waals surface area contributed by atoms with E-state index < -0.39 is 12.1 Å². The Morgan fingerprint density at radius 3 is 2.70 bits per heavy atom. The number of ether oxygens (including phenoxy) is 3. The van der Waals surface area contributed by atoms with E-state index in [0.29, 0.717) is 50.9 Å². The SMILES string of the molecule is CCOC(=O)[C@@H](C)Oc1ccc(C=Nn2c(-c3cc4cc(Cl)ccc4o3)nc3ccccc3c2=O)cc1OCC. The highest BCUT2D eigenvalue weighted by atomic mass is 35.5. The minimum absolute atomic E-state index is 0.237. The van der Waals surface area contributed by atoms with E-state index in [1.54, 1.807) is 74.5 Å². The average molecular weight is 560 g/mol. The monoisotopic (exact) mass is 559 g/mol. The number of rotatable bonds is 9. The van der Waals surface area contributed by atoms with Crippen molar-refractivity contribution in [1.82, 2.24) is 9.66 Å². The van der Waals surface area contributed by atoms with Crippen LogP contribution in [0.2, 0.25) is 5.02 Å². The zero-order valence-corrected chi connectivity index (χ0v) is 22.8. The maximum atomic E-state index is 13.5. The molecule has 0 saturated heterocycles. The van der Waals surface area contributed by atoms with Crippen LogP contribution in [0.5, 0.6) is 11.5 Å². The predicted molar refractivity (Wildman–Crippen MR) is 154 cm³/mol. The van der Waals surface area contributed by atoms with Gasteiger partial charge in [0.25, 0.3) is 5.56 Å². The molecule has 5 aromatic rings. The standard InChI is InChI=1S/C30H26ClN3O6/c1-4-37-26-14-19(10-12-25(26)39-18(3)30(36)38-5-2)17-32-34-28(33-23-9-7-6-8-22(23)29(34)35)27-16-20-15-21(31)11-13-24(20)40-27/h6-18H,4-5H2,1-3H3/t18-/m1/s1. The molecule has 2 aromatic heterocycles. The molecule has 204 valence electrons. The highest BCUT2D eigenvalue weighted by molar-refractivity contribution is 6.31. The molecule has 0 aliphatic carbocycles. The quantitative estimate of drug-likeness (QED) is 0.159. The summed E-state index contributed by atoms with van der Waals surface area (Å²) >= 11 is 6.15. The van der Waals surface area contributed by atoms with Crippen LogP contribution in [0.3, 0.4) is 0 Å². The van der Waals surface area contributed by atoms with Crippen molar-refractivity contribution in [3.05, 3.63) is 87.7 Å². The number of benzene rings is 3. The minimum atomic E-state index is -0.817. The van der Waals surface area contributed by atoms with Gasteiger partial charge < -0.3 is 18.6 Å². The number of furan rings is 1. The summed E-state index contributed by atoms with van der Waals surface area (Å²) < 4.78 is 23.8. The highest BCUT2D eigenvalue weighted by Crippen LogP contribution is 2.31. The van der Waals surface area contributed by atoms with Crippen molar-refractivity contribution < 1.29 is 23.4 Å². The van der Waals surface area contributed by atoms with Gasteiger partial charge in [-0.15, -0.1) is 0 Å². The van der Waals surface area contributed by atoms with Crippen molar-refractivity contribution in [2.75, 3.05) is 13.2 Å². The van der Waals surface area contributed by atoms with E-state index in [-0.39, 0.29) is 18.0 Å². The van der Waals surface area contributed by atoms with Crippen molar-refractivity contribution in [3.8, 4) is 23.1 Å². The molecule has 0 aliphatic heterocycles. The van der Waals surface area contributed by atoms with Gasteiger partial charge in [-0.05, 0) is 80.9 Å². The number of aromatic nitrogens is 2. The van der Waals surface area contributed by atoms with E-state index >= 15 is 0 Å². The van der Waals surface area contributed by atoms with Gasteiger partial charge in [-0.3, -0.25) is 4.79 Å². The van der Waals surface area contributed by atoms with E-state index in [1.807, 2.05) is 13.0 Å². The van der Waals surface area contributed by atoms with Crippen LogP contribution >= 0.6 is 11.6 Å². The number of halogens is 1. The molecule has 5 rings (SSSR count). The van der Waals surface area contributed by atoms with Gasteiger partial charge in [0, 0.05) is 10.4 Å². The van der Waals surface area contributed by atoms with Crippen molar-refractivity contribution in [3.63, 3.8) is 0 Å². The molecule has 0 unspecified atom stereocenters. The summed E-state index contributed by atoms with van der Waals surface area (Å²) in [7, 11) is 0. The second-order valence-corrected chi connectivity index (χ2v) is 9.19. The van der Waals surface area contributed by atoms with Gasteiger partial charge in [0.15, 0.2) is 23.4 Å². The third-order valence-electron chi connectivity index (χ3n) is 5.96. The molecule has 2 heterocycles. The summed E-state index contributed by atoms with van der Waals surface area (Å²) in [6.07, 6.45) is 0.698. The fourth-order valence-electron chi connectivity index (χ4n) is 4.11. The summed E-state index contributed by atoms with van der Waals surface area (Å²) in [6, 6.07) is 19.2. The van der Waals surface area contributed by atoms with Crippen LogP contribution in [-0.2, 0) is 9.53 Å². The average Bonchev–Trinajstić information content (AvgIpc) is 3.37. The second-order valence-electron chi connectivity index (χ2n) is 8.76. The summed E-state index contributed by atoms with van der Waals surface area (Å²) in [6.45, 7) is 5.81. The number of hydrogen-bond donors (Lipinski definition) is 0. The molecular formula is C30H26ClN3O6. The molecule has 10 heteroatoms. The summed E-state index contributed by atoms with van der Waals surface area (Å²) in [4.78, 5) is 30.3. The van der Waals surface area contributed by atoms with Crippen molar-refractivity contribution in [2.45, 2.75) is 26.9 Å². The van der Waals surface area contributed by atoms with Gasteiger partial charge in [-0.2, -0.15) is 9.78 Å². The van der Waals surface area contributed by atoms with Gasteiger partial charge in [-0.1, -0.05) is 23.7 Å². The third-order valence-corrected chi connectivity index (χ3v) is 6.20. The normalized spacial score (nSPS) is 12.2. The van der Waals surface area contributed by atoms with E-state index in [0.717, 1.165) is 5.39 Å². The van der Waals surface area contributed by atoms with Crippen LogP contribution < -0.4 is 15.0 Å². The van der Waals surface area contributed by atoms with E-state index in [9.17, 15) is 9.59 Å². The smallest absolute Gasteiger partial charge is 0.347 e. The molecule has 0 N–H and O–H groups in total. The lowest BCUT2D eigenvalue weighted by Gasteiger charge is -2.16. The van der Waals surface area contributed by atoms with E-state index in [2.05, 4.69) is 5.10 Å². The van der Waals surface area contributed by atoms with Crippen LogP contribution in [0.15, 0.2) is 81.0 Å². The lowest BCUT2D eigenvalue weighted by molar-refractivity contribution is -0.150. The van der Waals surface area contributed by atoms with Gasteiger partial charge in [-0.25, -0.2) is 9.78 Å². The first-order valence-electron chi connectivity index (χ1n) is 12.7. The Morgan fingerprint density at radius 1 is 1.07 bits per heavy atom. The Morgan fingerprint density at radius 2 is 1.90 bits per heavy atom. The third kappa shape index (κ3) is 5.55. The molecule has 0 bridgehead atoms. The molecule has 0 amide bonds. The van der Waals surface area contributed by atoms with Crippen LogP contribution in [-0.4, -0.2) is 41.2 Å². The summed E-state index contributed by atoms with van der Waals surface area (Å²) in [5.41, 5.74) is 1.39. The molecule has 0 aliphatic rings. The number of carbonyl (C=O) groups is 1. The molecule has 0 radical (unpaired) electrons. The largest absolute Gasteiger partial charge is 0.490 e. The van der Waals surface area contributed by atoms with Gasteiger partial charge in [0.1, 0.15) is 5.58 Å². The number of carbonyl (C=O) groups excluding carboxylic acids is 1. The Labute approximate surface area is 234 Å². The number of para-hydroxylation sites is 1. The lowest BCUT2D eigenvalue weighted by atomic mass is 10.2. The maximum absolute atomic E-state index is 13.5. The summed E-state index contributed by atoms with van der Waals surface area (Å²) in [5, 5.41) is 6.24. The first kappa shape index (κ1) is 27.0.